The van der Waals surface area contributed by atoms with Crippen LogP contribution < -0.4 is 4.72 Å². The van der Waals surface area contributed by atoms with Crippen molar-refractivity contribution in [1.29, 1.82) is 0 Å². The van der Waals surface area contributed by atoms with E-state index in [1.54, 1.807) is 12.1 Å². The molecule has 31 heavy (non-hydrogen) atoms. The Labute approximate surface area is 177 Å². The molecule has 0 bridgehead atoms. The fourth-order valence-electron chi connectivity index (χ4n) is 3.66. The van der Waals surface area contributed by atoms with E-state index in [1.807, 2.05) is 18.3 Å². The van der Waals surface area contributed by atoms with Gasteiger partial charge in [-0.15, -0.1) is 10.2 Å². The van der Waals surface area contributed by atoms with E-state index < -0.39 is 15.8 Å². The number of fused-ring (bicyclic) bond motifs is 1. The summed E-state index contributed by atoms with van der Waals surface area (Å²) in [7, 11) is -4.01. The van der Waals surface area contributed by atoms with Gasteiger partial charge < -0.3 is 4.57 Å². The highest BCUT2D eigenvalue weighted by atomic mass is 32.2. The van der Waals surface area contributed by atoms with E-state index in [0.717, 1.165) is 37.7 Å². The summed E-state index contributed by atoms with van der Waals surface area (Å²) < 4.78 is 45.1. The average molecular weight is 439 g/mol. The van der Waals surface area contributed by atoms with Crippen LogP contribution in [0, 0.1) is 5.82 Å². The van der Waals surface area contributed by atoms with Crippen LogP contribution in [0.25, 0.3) is 22.6 Å². The summed E-state index contributed by atoms with van der Waals surface area (Å²) in [5.41, 5.74) is 1.71. The molecule has 5 rings (SSSR count). The number of hydrogen-bond acceptors (Lipinski definition) is 6. The molecule has 0 amide bonds. The largest absolute Gasteiger partial charge is 0.334 e. The summed E-state index contributed by atoms with van der Waals surface area (Å²) in [5.74, 6) is 0.324. The minimum atomic E-state index is -4.01. The maximum atomic E-state index is 14.2. The van der Waals surface area contributed by atoms with Gasteiger partial charge in [-0.05, 0) is 42.3 Å². The minimum absolute atomic E-state index is 0.0291. The lowest BCUT2D eigenvalue weighted by molar-refractivity contribution is 0.522. The lowest BCUT2D eigenvalue weighted by Crippen LogP contribution is -2.14. The molecule has 0 saturated carbocycles. The second-order valence-electron chi connectivity index (χ2n) is 7.22. The highest BCUT2D eigenvalue weighted by Gasteiger charge is 2.21. The van der Waals surface area contributed by atoms with E-state index in [-0.39, 0.29) is 16.3 Å². The van der Waals surface area contributed by atoms with Crippen LogP contribution in [0.1, 0.15) is 18.7 Å². The van der Waals surface area contributed by atoms with Gasteiger partial charge in [-0.1, -0.05) is 18.2 Å². The van der Waals surface area contributed by atoms with Crippen molar-refractivity contribution in [2.24, 2.45) is 0 Å². The molecule has 0 spiro atoms. The van der Waals surface area contributed by atoms with E-state index in [2.05, 4.69) is 29.9 Å². The molecule has 1 aliphatic heterocycles. The Kier molecular flexibility index (Phi) is 4.74. The molecule has 2 N–H and O–H groups in total. The van der Waals surface area contributed by atoms with Crippen molar-refractivity contribution in [3.05, 3.63) is 60.3 Å². The lowest BCUT2D eigenvalue weighted by atomic mass is 10.1. The first-order valence-corrected chi connectivity index (χ1v) is 11.2. The third kappa shape index (κ3) is 3.67. The molecule has 9 nitrogen and oxygen atoms in total. The molecule has 0 atom stereocenters. The third-order valence-corrected chi connectivity index (χ3v) is 6.55. The van der Waals surface area contributed by atoms with Crippen molar-refractivity contribution in [3.63, 3.8) is 0 Å². The number of nitrogens with one attached hydrogen (secondary N) is 2. The van der Waals surface area contributed by atoms with Crippen molar-refractivity contribution in [1.82, 2.24) is 30.2 Å². The van der Waals surface area contributed by atoms with Gasteiger partial charge in [0.15, 0.2) is 0 Å². The Morgan fingerprint density at radius 2 is 1.97 bits per heavy atom. The van der Waals surface area contributed by atoms with Gasteiger partial charge in [0.1, 0.15) is 11.6 Å². The highest BCUT2D eigenvalue weighted by molar-refractivity contribution is 7.92. The topological polar surface area (TPSA) is 118 Å². The third-order valence-electron chi connectivity index (χ3n) is 5.19. The van der Waals surface area contributed by atoms with Gasteiger partial charge in [0, 0.05) is 24.7 Å². The van der Waals surface area contributed by atoms with Crippen LogP contribution in [0.4, 0.5) is 10.1 Å². The van der Waals surface area contributed by atoms with Gasteiger partial charge in [-0.25, -0.2) is 17.8 Å². The summed E-state index contributed by atoms with van der Waals surface area (Å²) >= 11 is 0. The number of halogens is 1. The number of aromatic amines is 1. The molecule has 158 valence electrons. The summed E-state index contributed by atoms with van der Waals surface area (Å²) in [4.78, 5) is 4.58. The van der Waals surface area contributed by atoms with Crippen molar-refractivity contribution in [2.75, 3.05) is 4.72 Å². The monoisotopic (exact) mass is 439 g/mol. The molecule has 11 heteroatoms. The number of tetrazole rings is 1. The molecule has 4 aromatic rings. The molecular formula is C20H18FN7O2S. The van der Waals surface area contributed by atoms with E-state index in [9.17, 15) is 12.8 Å². The Morgan fingerprint density at radius 1 is 1.10 bits per heavy atom. The van der Waals surface area contributed by atoms with Gasteiger partial charge in [0.25, 0.3) is 10.0 Å². The Balaban J connectivity index is 1.51. The lowest BCUT2D eigenvalue weighted by Gasteiger charge is -2.12. The van der Waals surface area contributed by atoms with Gasteiger partial charge in [-0.3, -0.25) is 4.72 Å². The molecule has 2 aromatic heterocycles. The van der Waals surface area contributed by atoms with Crippen LogP contribution in [0.15, 0.2) is 53.6 Å². The number of benzene rings is 2. The van der Waals surface area contributed by atoms with Crippen LogP contribution in [-0.2, 0) is 23.0 Å². The van der Waals surface area contributed by atoms with E-state index in [1.165, 1.54) is 12.1 Å². The predicted molar refractivity (Wildman–Crippen MR) is 111 cm³/mol. The number of rotatable bonds is 5. The molecular weight excluding hydrogens is 421 g/mol. The Bertz CT molecular complexity index is 1330. The first kappa shape index (κ1) is 19.4. The molecule has 0 saturated heterocycles. The fraction of sp³-hybridized carbons (Fsp3) is 0.200. The van der Waals surface area contributed by atoms with Gasteiger partial charge in [-0.2, -0.15) is 5.21 Å². The first-order chi connectivity index (χ1) is 15.0. The van der Waals surface area contributed by atoms with Gasteiger partial charge in [0.05, 0.1) is 21.8 Å². The molecule has 2 aromatic carbocycles. The number of aromatic nitrogens is 6. The van der Waals surface area contributed by atoms with E-state index in [0.29, 0.717) is 16.9 Å². The first-order valence-electron chi connectivity index (χ1n) is 9.73. The van der Waals surface area contributed by atoms with Crippen LogP contribution in [-0.4, -0.2) is 38.6 Å². The second kappa shape index (κ2) is 7.58. The number of imidazole rings is 1. The minimum Gasteiger partial charge on any atom is -0.334 e. The molecule has 0 aliphatic carbocycles. The van der Waals surface area contributed by atoms with Gasteiger partial charge in [0.2, 0.25) is 5.82 Å². The smallest absolute Gasteiger partial charge is 0.261 e. The zero-order valence-electron chi connectivity index (χ0n) is 16.3. The zero-order chi connectivity index (χ0) is 21.4. The molecule has 0 radical (unpaired) electrons. The van der Waals surface area contributed by atoms with E-state index in [4.69, 9.17) is 4.98 Å². The SMILES string of the molecule is O=S(=O)(Nc1ccccc1-c1cn2c(n1)CCCC2)c1ccc(F)c(-c2nn[nH]n2)c1. The number of H-pyrrole nitrogens is 1. The van der Waals surface area contributed by atoms with Gasteiger partial charge >= 0.3 is 0 Å². The second-order valence-corrected chi connectivity index (χ2v) is 8.90. The van der Waals surface area contributed by atoms with Crippen LogP contribution in [0.3, 0.4) is 0 Å². The number of anilines is 1. The Morgan fingerprint density at radius 3 is 2.77 bits per heavy atom. The van der Waals surface area contributed by atoms with Crippen LogP contribution >= 0.6 is 0 Å². The molecule has 0 unspecified atom stereocenters. The highest BCUT2D eigenvalue weighted by Crippen LogP contribution is 2.31. The number of hydrogen-bond donors (Lipinski definition) is 2. The average Bonchev–Trinajstić information content (AvgIpc) is 3.44. The summed E-state index contributed by atoms with van der Waals surface area (Å²) in [6.45, 7) is 0.907. The van der Waals surface area contributed by atoms with Crippen molar-refractivity contribution in [2.45, 2.75) is 30.7 Å². The maximum absolute atomic E-state index is 14.2. The van der Waals surface area contributed by atoms with Crippen molar-refractivity contribution < 1.29 is 12.8 Å². The molecule has 3 heterocycles. The zero-order valence-corrected chi connectivity index (χ0v) is 17.1. The summed E-state index contributed by atoms with van der Waals surface area (Å²) in [5, 5.41) is 13.1. The van der Waals surface area contributed by atoms with E-state index >= 15 is 0 Å². The fourth-order valence-corrected chi connectivity index (χ4v) is 4.77. The molecule has 1 aliphatic rings. The number of sulfonamides is 1. The van der Waals surface area contributed by atoms with Crippen LogP contribution in [0.5, 0.6) is 0 Å². The number of nitrogens with zero attached hydrogens (tertiary/aromatic N) is 5. The van der Waals surface area contributed by atoms with Crippen LogP contribution in [0.2, 0.25) is 0 Å². The summed E-state index contributed by atoms with van der Waals surface area (Å²) in [6.07, 6.45) is 5.05. The maximum Gasteiger partial charge on any atom is 0.261 e. The summed E-state index contributed by atoms with van der Waals surface area (Å²) in [6, 6.07) is 10.5. The number of aryl methyl sites for hydroxylation is 2. The number of para-hydroxylation sites is 1. The quantitative estimate of drug-likeness (QED) is 0.493. The molecule has 0 fully saturated rings. The predicted octanol–water partition coefficient (Wildman–Crippen LogP) is 3.01. The van der Waals surface area contributed by atoms with Crippen molar-refractivity contribution in [3.8, 4) is 22.6 Å². The van der Waals surface area contributed by atoms with Crippen molar-refractivity contribution >= 4 is 15.7 Å². The Hall–Kier alpha value is -3.60. The standard InChI is InChI=1S/C20H18FN7O2S/c21-16-9-8-13(11-15(16)20-23-26-27-24-20)31(29,30)25-17-6-2-1-5-14(17)18-12-28-10-4-3-7-19(28)22-18/h1-2,5-6,8-9,11-12,25H,3-4,7,10H2,(H,23,24,26,27). The normalized spacial score (nSPS) is 13.7.